The van der Waals surface area contributed by atoms with Crippen LogP contribution < -0.4 is 0 Å². The molecule has 1 aliphatic carbocycles. The van der Waals surface area contributed by atoms with Crippen LogP contribution in [0.3, 0.4) is 0 Å². The molecule has 2 saturated heterocycles. The first kappa shape index (κ1) is 16.9. The van der Waals surface area contributed by atoms with Gasteiger partial charge in [-0.05, 0) is 43.7 Å². The molecule has 1 amide bonds. The molecule has 3 heterocycles. The predicted molar refractivity (Wildman–Crippen MR) is 90.8 cm³/mol. The van der Waals surface area contributed by atoms with E-state index in [2.05, 4.69) is 4.98 Å². The van der Waals surface area contributed by atoms with Gasteiger partial charge in [-0.25, -0.2) is 0 Å². The Morgan fingerprint density at radius 1 is 1.28 bits per heavy atom. The van der Waals surface area contributed by atoms with Gasteiger partial charge < -0.3 is 19.1 Å². The van der Waals surface area contributed by atoms with E-state index in [1.165, 1.54) is 0 Å². The van der Waals surface area contributed by atoms with Gasteiger partial charge in [0.1, 0.15) is 6.10 Å². The standard InChI is InChI=1S/C19H26N2O4/c22-19(17-5-3-8-24-17)21-7-9-25-18-11-14(10-16(18)21)12-23-13-15-4-1-2-6-20-15/h1-2,4,6,14,16-18H,3,5,7-13H2/t14-,16-,17-,18-/m1/s1. The van der Waals surface area contributed by atoms with Crippen molar-refractivity contribution in [1.29, 1.82) is 0 Å². The van der Waals surface area contributed by atoms with Crippen molar-refractivity contribution in [1.82, 2.24) is 9.88 Å². The molecule has 1 aromatic heterocycles. The molecular formula is C19H26N2O4. The quantitative estimate of drug-likeness (QED) is 0.813. The summed E-state index contributed by atoms with van der Waals surface area (Å²) in [6, 6.07) is 6.02. The lowest BCUT2D eigenvalue weighted by Crippen LogP contribution is -2.54. The first-order valence-electron chi connectivity index (χ1n) is 9.32. The normalized spacial score (nSPS) is 31.9. The molecule has 136 valence electrons. The third kappa shape index (κ3) is 3.86. The molecular weight excluding hydrogens is 320 g/mol. The number of pyridine rings is 1. The molecule has 3 aliphatic rings. The van der Waals surface area contributed by atoms with Gasteiger partial charge in [0.15, 0.2) is 0 Å². The van der Waals surface area contributed by atoms with E-state index in [1.807, 2.05) is 23.1 Å². The zero-order chi connectivity index (χ0) is 17.1. The Morgan fingerprint density at radius 3 is 3.04 bits per heavy atom. The topological polar surface area (TPSA) is 60.9 Å². The molecule has 4 rings (SSSR count). The summed E-state index contributed by atoms with van der Waals surface area (Å²) in [5.74, 6) is 0.586. The van der Waals surface area contributed by atoms with Gasteiger partial charge in [-0.3, -0.25) is 9.78 Å². The van der Waals surface area contributed by atoms with Crippen LogP contribution in [0.5, 0.6) is 0 Å². The Balaban J connectivity index is 1.30. The molecule has 6 heteroatoms. The number of nitrogens with zero attached hydrogens (tertiary/aromatic N) is 2. The summed E-state index contributed by atoms with van der Waals surface area (Å²) >= 11 is 0. The van der Waals surface area contributed by atoms with Crippen LogP contribution in [0.2, 0.25) is 0 Å². The van der Waals surface area contributed by atoms with E-state index >= 15 is 0 Å². The van der Waals surface area contributed by atoms with Crippen molar-refractivity contribution < 1.29 is 19.0 Å². The Labute approximate surface area is 148 Å². The lowest BCUT2D eigenvalue weighted by molar-refractivity contribution is -0.153. The highest BCUT2D eigenvalue weighted by molar-refractivity contribution is 5.81. The number of carbonyl (C=O) groups excluding carboxylic acids is 1. The maximum Gasteiger partial charge on any atom is 0.252 e. The van der Waals surface area contributed by atoms with E-state index in [0.717, 1.165) is 31.4 Å². The van der Waals surface area contributed by atoms with Crippen molar-refractivity contribution >= 4 is 5.91 Å². The molecule has 25 heavy (non-hydrogen) atoms. The summed E-state index contributed by atoms with van der Waals surface area (Å²) < 4.78 is 17.4. The fourth-order valence-corrected chi connectivity index (χ4v) is 4.23. The number of ether oxygens (including phenoxy) is 3. The van der Waals surface area contributed by atoms with Crippen molar-refractivity contribution in [2.75, 3.05) is 26.4 Å². The van der Waals surface area contributed by atoms with Gasteiger partial charge in [0, 0.05) is 19.3 Å². The molecule has 2 aliphatic heterocycles. The average Bonchev–Trinajstić information content (AvgIpc) is 3.31. The van der Waals surface area contributed by atoms with Crippen LogP contribution in [0.1, 0.15) is 31.4 Å². The third-order valence-corrected chi connectivity index (χ3v) is 5.45. The summed E-state index contributed by atoms with van der Waals surface area (Å²) in [6.07, 6.45) is 5.43. The second kappa shape index (κ2) is 7.81. The third-order valence-electron chi connectivity index (χ3n) is 5.45. The predicted octanol–water partition coefficient (Wildman–Crippen LogP) is 1.78. The number of morpholine rings is 1. The molecule has 0 spiro atoms. The van der Waals surface area contributed by atoms with Gasteiger partial charge in [-0.15, -0.1) is 0 Å². The molecule has 1 aromatic rings. The van der Waals surface area contributed by atoms with Crippen LogP contribution >= 0.6 is 0 Å². The molecule has 0 N–H and O–H groups in total. The molecule has 6 nitrogen and oxygen atoms in total. The molecule has 4 atom stereocenters. The van der Waals surface area contributed by atoms with Gasteiger partial charge in [-0.1, -0.05) is 6.07 Å². The smallest absolute Gasteiger partial charge is 0.252 e. The Kier molecular flexibility index (Phi) is 5.29. The molecule has 1 saturated carbocycles. The Hall–Kier alpha value is -1.50. The lowest BCUT2D eigenvalue weighted by atomic mass is 10.1. The van der Waals surface area contributed by atoms with Crippen molar-refractivity contribution in [3.05, 3.63) is 30.1 Å². The molecule has 0 bridgehead atoms. The minimum absolute atomic E-state index is 0.141. The number of aromatic nitrogens is 1. The van der Waals surface area contributed by atoms with Crippen molar-refractivity contribution in [3.63, 3.8) is 0 Å². The zero-order valence-corrected chi connectivity index (χ0v) is 14.5. The van der Waals surface area contributed by atoms with Crippen molar-refractivity contribution in [2.24, 2.45) is 5.92 Å². The van der Waals surface area contributed by atoms with E-state index in [-0.39, 0.29) is 24.2 Å². The summed E-state index contributed by atoms with van der Waals surface area (Å²) in [5, 5.41) is 0. The minimum Gasteiger partial charge on any atom is -0.375 e. The fraction of sp³-hybridized carbons (Fsp3) is 0.684. The number of carbonyl (C=O) groups is 1. The molecule has 3 fully saturated rings. The van der Waals surface area contributed by atoms with Crippen LogP contribution in [0, 0.1) is 5.92 Å². The van der Waals surface area contributed by atoms with Gasteiger partial charge in [0.05, 0.1) is 37.7 Å². The first-order chi connectivity index (χ1) is 12.3. The fourth-order valence-electron chi connectivity index (χ4n) is 4.23. The van der Waals surface area contributed by atoms with Gasteiger partial charge >= 0.3 is 0 Å². The second-order valence-corrected chi connectivity index (χ2v) is 7.18. The summed E-state index contributed by atoms with van der Waals surface area (Å²) in [7, 11) is 0. The van der Waals surface area contributed by atoms with Crippen molar-refractivity contribution in [2.45, 2.75) is 50.5 Å². The number of hydrogen-bond donors (Lipinski definition) is 0. The number of fused-ring (bicyclic) bond motifs is 1. The average molecular weight is 346 g/mol. The molecule has 0 unspecified atom stereocenters. The summed E-state index contributed by atoms with van der Waals surface area (Å²) in [5.41, 5.74) is 0.948. The highest BCUT2D eigenvalue weighted by Crippen LogP contribution is 2.35. The lowest BCUT2D eigenvalue weighted by Gasteiger charge is -2.38. The van der Waals surface area contributed by atoms with E-state index < -0.39 is 0 Å². The highest BCUT2D eigenvalue weighted by atomic mass is 16.5. The number of amides is 1. The first-order valence-corrected chi connectivity index (χ1v) is 9.32. The van der Waals surface area contributed by atoms with Gasteiger partial charge in [-0.2, -0.15) is 0 Å². The highest BCUT2D eigenvalue weighted by Gasteiger charge is 2.44. The Bertz CT molecular complexity index is 576. The molecule has 0 aromatic carbocycles. The van der Waals surface area contributed by atoms with Crippen LogP contribution in [-0.4, -0.2) is 60.4 Å². The maximum atomic E-state index is 12.8. The monoisotopic (exact) mass is 346 g/mol. The van der Waals surface area contributed by atoms with Crippen LogP contribution in [0.15, 0.2) is 24.4 Å². The zero-order valence-electron chi connectivity index (χ0n) is 14.5. The number of hydrogen-bond acceptors (Lipinski definition) is 5. The largest absolute Gasteiger partial charge is 0.375 e. The summed E-state index contributed by atoms with van der Waals surface area (Å²) in [6.45, 7) is 3.24. The molecule has 0 radical (unpaired) electrons. The van der Waals surface area contributed by atoms with E-state index in [9.17, 15) is 4.79 Å². The summed E-state index contributed by atoms with van der Waals surface area (Å²) in [4.78, 5) is 19.0. The van der Waals surface area contributed by atoms with Crippen LogP contribution in [0.25, 0.3) is 0 Å². The SMILES string of the molecule is O=C([C@H]1CCCO1)N1CCO[C@@H]2C[C@H](COCc3ccccn3)C[C@H]21. The van der Waals surface area contributed by atoms with Gasteiger partial charge in [0.25, 0.3) is 5.91 Å². The van der Waals surface area contributed by atoms with E-state index in [4.69, 9.17) is 14.2 Å². The number of rotatable bonds is 5. The van der Waals surface area contributed by atoms with E-state index in [1.54, 1.807) is 6.20 Å². The van der Waals surface area contributed by atoms with Crippen LogP contribution in [-0.2, 0) is 25.6 Å². The Morgan fingerprint density at radius 2 is 2.24 bits per heavy atom. The second-order valence-electron chi connectivity index (χ2n) is 7.18. The van der Waals surface area contributed by atoms with Gasteiger partial charge in [0.2, 0.25) is 0 Å². The van der Waals surface area contributed by atoms with Crippen LogP contribution in [0.4, 0.5) is 0 Å². The maximum absolute atomic E-state index is 12.8. The van der Waals surface area contributed by atoms with E-state index in [0.29, 0.717) is 38.9 Å². The minimum atomic E-state index is -0.238. The van der Waals surface area contributed by atoms with Crippen molar-refractivity contribution in [3.8, 4) is 0 Å².